The third kappa shape index (κ3) is 36.5. The number of hydrogen-bond donors (Lipinski definition) is 0. The molecule has 0 bridgehead atoms. The van der Waals surface area contributed by atoms with Crippen molar-refractivity contribution in [2.24, 2.45) is 0 Å². The summed E-state index contributed by atoms with van der Waals surface area (Å²) in [6.07, 6.45) is 0. The number of hydrogen-bond acceptors (Lipinski definition) is 0. The molecule has 0 aromatic heterocycles. The Bertz CT molecular complexity index is 15.7. The van der Waals surface area contributed by atoms with Crippen LogP contribution in [-0.4, -0.2) is 21.9 Å². The van der Waals surface area contributed by atoms with Crippen molar-refractivity contribution in [1.82, 2.24) is 0 Å². The summed E-state index contributed by atoms with van der Waals surface area (Å²) >= 11 is 0. The van der Waals surface area contributed by atoms with Gasteiger partial charge in [0.15, 0.2) is 0 Å². The molecule has 0 aliphatic heterocycles. The third-order valence-electron chi connectivity index (χ3n) is 0. The standard InChI is InChI=1S/3K.4H2O.3H/h;;;4*1H2;;;/q3*+1;;;;;3*-1. The minimum atomic E-state index is 0. The Morgan fingerprint density at radius 1 is 0.429 bits per heavy atom. The van der Waals surface area contributed by atoms with Crippen LogP contribution in [0, 0.1) is 0 Å². The van der Waals surface area contributed by atoms with E-state index < -0.39 is 0 Å². The van der Waals surface area contributed by atoms with E-state index in [1.54, 1.807) is 0 Å². The molecule has 0 aliphatic carbocycles. The van der Waals surface area contributed by atoms with Crippen molar-refractivity contribution >= 4 is 0 Å². The van der Waals surface area contributed by atoms with E-state index in [-0.39, 0.29) is 180 Å². The van der Waals surface area contributed by atoms with Crippen LogP contribution >= 0.6 is 0 Å². The Balaban J connectivity index is 0. The average Bonchev–Trinajstić information content (AvgIpc) is 0. The average molecular weight is 192 g/mol. The molecule has 38 valence electrons. The maximum Gasteiger partial charge on any atom is 1.00 e. The molecule has 0 saturated carbocycles. The molecule has 0 aromatic carbocycles. The molecule has 7 heavy (non-hydrogen) atoms. The molecule has 0 unspecified atom stereocenters. The maximum atomic E-state index is 0. The summed E-state index contributed by atoms with van der Waals surface area (Å²) < 4.78 is 0. The van der Waals surface area contributed by atoms with Gasteiger partial charge in [-0.2, -0.15) is 0 Å². The first kappa shape index (κ1) is 60.2. The minimum absolute atomic E-state index is 0. The van der Waals surface area contributed by atoms with Crippen LogP contribution in [0.5, 0.6) is 0 Å². The molecule has 0 spiro atoms. The summed E-state index contributed by atoms with van der Waals surface area (Å²) in [6.45, 7) is 0. The van der Waals surface area contributed by atoms with E-state index in [0.717, 1.165) is 0 Å². The Morgan fingerprint density at radius 3 is 0.429 bits per heavy atom. The predicted octanol–water partition coefficient (Wildman–Crippen LogP) is -11.9. The van der Waals surface area contributed by atoms with Gasteiger partial charge in [0.25, 0.3) is 0 Å². The molecule has 4 nitrogen and oxygen atoms in total. The maximum absolute atomic E-state index is 0. The first-order chi connectivity index (χ1) is 0. The first-order valence-electron chi connectivity index (χ1n) is 0. The second-order valence-electron chi connectivity index (χ2n) is 0. The van der Waals surface area contributed by atoms with Gasteiger partial charge in [0.2, 0.25) is 0 Å². The predicted molar refractivity (Wildman–Crippen MR) is 17.8 cm³/mol. The second-order valence-corrected chi connectivity index (χ2v) is 0. The number of rotatable bonds is 0. The van der Waals surface area contributed by atoms with Crippen molar-refractivity contribution in [3.05, 3.63) is 0 Å². The van der Waals surface area contributed by atoms with Gasteiger partial charge in [-0.05, 0) is 0 Å². The van der Waals surface area contributed by atoms with Gasteiger partial charge in [0.1, 0.15) is 0 Å². The van der Waals surface area contributed by atoms with Gasteiger partial charge in [-0.3, -0.25) is 0 Å². The summed E-state index contributed by atoms with van der Waals surface area (Å²) in [5, 5.41) is 0. The van der Waals surface area contributed by atoms with Gasteiger partial charge in [0.05, 0.1) is 0 Å². The van der Waals surface area contributed by atoms with Crippen LogP contribution in [0.15, 0.2) is 0 Å². The molecule has 7 heteroatoms. The van der Waals surface area contributed by atoms with Gasteiger partial charge in [0, 0.05) is 0 Å². The Hall–Kier alpha value is 4.75. The summed E-state index contributed by atoms with van der Waals surface area (Å²) in [4.78, 5) is 0. The van der Waals surface area contributed by atoms with Gasteiger partial charge in [-0.25, -0.2) is 0 Å². The van der Waals surface area contributed by atoms with Gasteiger partial charge >= 0.3 is 154 Å². The molecule has 0 radical (unpaired) electrons. The van der Waals surface area contributed by atoms with E-state index in [1.807, 2.05) is 0 Å². The zero-order valence-electron chi connectivity index (χ0n) is 8.00. The van der Waals surface area contributed by atoms with Crippen molar-refractivity contribution in [1.29, 1.82) is 0 Å². The minimum Gasteiger partial charge on any atom is -1.00 e. The van der Waals surface area contributed by atoms with E-state index >= 15 is 0 Å². The molecule has 0 atom stereocenters. The zero-order valence-corrected chi connectivity index (χ0v) is 14.4. The van der Waals surface area contributed by atoms with E-state index in [9.17, 15) is 0 Å². The van der Waals surface area contributed by atoms with E-state index in [0.29, 0.717) is 0 Å². The summed E-state index contributed by atoms with van der Waals surface area (Å²) in [5.74, 6) is 0. The second kappa shape index (κ2) is 45.3. The third-order valence-corrected chi connectivity index (χ3v) is 0. The summed E-state index contributed by atoms with van der Waals surface area (Å²) in [7, 11) is 0. The quantitative estimate of drug-likeness (QED) is 0.338. The molecule has 0 saturated heterocycles. The van der Waals surface area contributed by atoms with Crippen LogP contribution < -0.4 is 154 Å². The molecule has 0 rings (SSSR count). The Morgan fingerprint density at radius 2 is 0.429 bits per heavy atom. The fourth-order valence-electron chi connectivity index (χ4n) is 0. The van der Waals surface area contributed by atoms with Crippen molar-refractivity contribution in [3.63, 3.8) is 0 Å². The van der Waals surface area contributed by atoms with Crippen LogP contribution in [0.4, 0.5) is 0 Å². The topological polar surface area (TPSA) is 126 Å². The van der Waals surface area contributed by atoms with Crippen molar-refractivity contribution in [3.8, 4) is 0 Å². The van der Waals surface area contributed by atoms with E-state index in [4.69, 9.17) is 0 Å². The van der Waals surface area contributed by atoms with Gasteiger partial charge < -0.3 is 26.2 Å². The largest absolute Gasteiger partial charge is 1.00 e. The molecular weight excluding hydrogens is 181 g/mol. The monoisotopic (exact) mass is 192 g/mol. The van der Waals surface area contributed by atoms with Gasteiger partial charge in [-0.15, -0.1) is 0 Å². The van der Waals surface area contributed by atoms with Crippen LogP contribution in [0.3, 0.4) is 0 Å². The normalized spacial score (nSPS) is 0. The molecule has 0 aromatic rings. The van der Waals surface area contributed by atoms with E-state index in [1.165, 1.54) is 0 Å². The molecule has 0 fully saturated rings. The Labute approximate surface area is 175 Å². The first-order valence-corrected chi connectivity index (χ1v) is 0. The molecule has 0 heterocycles. The van der Waals surface area contributed by atoms with Crippen molar-refractivity contribution in [2.75, 3.05) is 0 Å². The summed E-state index contributed by atoms with van der Waals surface area (Å²) in [6, 6.07) is 0. The molecule has 0 amide bonds. The molecule has 8 N–H and O–H groups in total. The fourth-order valence-corrected chi connectivity index (χ4v) is 0. The molecule has 0 aliphatic rings. The summed E-state index contributed by atoms with van der Waals surface area (Å²) in [5.41, 5.74) is 0. The van der Waals surface area contributed by atoms with Crippen molar-refractivity contribution in [2.45, 2.75) is 0 Å². The van der Waals surface area contributed by atoms with Crippen molar-refractivity contribution < 1.29 is 180 Å². The smallest absolute Gasteiger partial charge is 1.00 e. The fraction of sp³-hybridized carbons (Fsp3) is 0. The van der Waals surface area contributed by atoms with Crippen LogP contribution in [0.2, 0.25) is 0 Å². The zero-order chi connectivity index (χ0) is 0. The van der Waals surface area contributed by atoms with Crippen LogP contribution in [0.1, 0.15) is 4.28 Å². The van der Waals surface area contributed by atoms with Crippen LogP contribution in [-0.2, 0) is 0 Å². The van der Waals surface area contributed by atoms with Crippen LogP contribution in [0.25, 0.3) is 0 Å². The van der Waals surface area contributed by atoms with E-state index in [2.05, 4.69) is 0 Å². The molecular formula is H11K3O4. The SMILES string of the molecule is O.O.O.O.[H-].[H-].[H-].[K+].[K+].[K+]. The Kier molecular flexibility index (Phi) is 390. The van der Waals surface area contributed by atoms with Gasteiger partial charge in [-0.1, -0.05) is 0 Å².